The molecular formula is C6H14ClHgO3P+. The predicted molar refractivity (Wildman–Crippen MR) is 45.9 cm³/mol. The molecule has 0 spiro atoms. The Balaban J connectivity index is 0. The molecule has 12 heavy (non-hydrogen) atoms. The molecule has 3 nitrogen and oxygen atoms in total. The molecule has 0 atom stereocenters. The molecule has 0 saturated carbocycles. The van der Waals surface area contributed by atoms with Crippen LogP contribution in [0.2, 0.25) is 0 Å². The number of halogens is 1. The maximum atomic E-state index is 10.8. The summed E-state index contributed by atoms with van der Waals surface area (Å²) in [6.07, 6.45) is -0.0790. The van der Waals surface area contributed by atoms with Crippen LogP contribution in [-0.2, 0) is 38.5 Å². The fraction of sp³-hybridized carbons (Fsp3) is 1.00. The van der Waals surface area contributed by atoms with Crippen LogP contribution in [-0.4, -0.2) is 12.2 Å². The molecule has 0 aromatic carbocycles. The van der Waals surface area contributed by atoms with Crippen LogP contribution < -0.4 is 0 Å². The summed E-state index contributed by atoms with van der Waals surface area (Å²) in [5.74, 6) is 0. The van der Waals surface area contributed by atoms with E-state index in [0.717, 1.165) is 0 Å². The van der Waals surface area contributed by atoms with Crippen molar-refractivity contribution in [3.63, 3.8) is 0 Å². The zero-order valence-corrected chi connectivity index (χ0v) is 15.1. The van der Waals surface area contributed by atoms with Crippen LogP contribution >= 0.6 is 16.5 Å². The Morgan fingerprint density at radius 2 is 1.33 bits per heavy atom. The molecule has 69 valence electrons. The molecule has 0 saturated heterocycles. The Bertz CT molecular complexity index is 109. The van der Waals surface area contributed by atoms with Gasteiger partial charge in [-0.1, -0.05) is 0 Å². The normalized spacial score (nSPS) is 9.75. The molecule has 0 rings (SSSR count). The minimum absolute atomic E-state index is 0.0395. The van der Waals surface area contributed by atoms with Gasteiger partial charge in [-0.15, -0.1) is 9.05 Å². The molecule has 0 aliphatic heterocycles. The first-order valence-corrected chi connectivity index (χ1v) is 11.5. The van der Waals surface area contributed by atoms with Crippen LogP contribution in [0.5, 0.6) is 0 Å². The average molecular weight is 401 g/mol. The van der Waals surface area contributed by atoms with Gasteiger partial charge in [0.25, 0.3) is 0 Å². The van der Waals surface area contributed by atoms with Gasteiger partial charge in [-0.2, -0.15) is 0 Å². The van der Waals surface area contributed by atoms with Crippen molar-refractivity contribution < 1.29 is 38.5 Å². The van der Waals surface area contributed by atoms with Crippen LogP contribution in [0.4, 0.5) is 0 Å². The second-order valence-electron chi connectivity index (χ2n) is 2.53. The Morgan fingerprint density at radius 3 is 1.50 bits per heavy atom. The maximum absolute atomic E-state index is 10.8. The topological polar surface area (TPSA) is 35.5 Å². The minimum atomic E-state index is -1.91. The summed E-state index contributed by atoms with van der Waals surface area (Å²) in [4.78, 5) is 0. The molecule has 0 heterocycles. The summed E-state index contributed by atoms with van der Waals surface area (Å²) in [6, 6.07) is 0. The van der Waals surface area contributed by atoms with Crippen LogP contribution in [0, 0.1) is 0 Å². The third-order valence-electron chi connectivity index (χ3n) is 0.594. The van der Waals surface area contributed by atoms with Crippen LogP contribution in [0.1, 0.15) is 27.7 Å². The first kappa shape index (κ1) is 15.7. The van der Waals surface area contributed by atoms with Crippen LogP contribution in [0.25, 0.3) is 0 Å². The van der Waals surface area contributed by atoms with Gasteiger partial charge in [-0.3, -0.25) is 0 Å². The molecular weight excluding hydrogens is 387 g/mol. The number of hydrogen-bond donors (Lipinski definition) is 0. The summed E-state index contributed by atoms with van der Waals surface area (Å²) in [5.41, 5.74) is 0. The molecule has 0 N–H and O–H groups in total. The second kappa shape index (κ2) is 10.3. The molecule has 0 aliphatic rings. The zero-order chi connectivity index (χ0) is 10.1. The fourth-order valence-corrected chi connectivity index (χ4v) is 1.11. The van der Waals surface area contributed by atoms with Crippen LogP contribution in [0.15, 0.2) is 0 Å². The molecule has 6 heteroatoms. The van der Waals surface area contributed by atoms with Crippen molar-refractivity contribution >= 4 is 16.5 Å². The molecule has 0 aliphatic carbocycles. The van der Waals surface area contributed by atoms with E-state index in [9.17, 15) is 4.57 Å². The molecule has 0 fully saturated rings. The van der Waals surface area contributed by atoms with E-state index in [2.05, 4.69) is 0 Å². The molecule has 0 unspecified atom stereocenters. The molecule has 0 aromatic rings. The molecule has 0 aromatic heterocycles. The zero-order valence-electron chi connectivity index (χ0n) is 7.91. The van der Waals surface area contributed by atoms with E-state index in [0.29, 0.717) is 24.9 Å². The summed E-state index contributed by atoms with van der Waals surface area (Å²) in [5, 5.41) is 0. The number of rotatable bonds is 4. The van der Waals surface area contributed by atoms with Gasteiger partial charge < -0.3 is 0 Å². The molecule has 0 bridgehead atoms. The van der Waals surface area contributed by atoms with Crippen LogP contribution in [0.3, 0.4) is 0 Å². The Hall–Kier alpha value is 1.25. The van der Waals surface area contributed by atoms with E-state index < -0.39 is 8.25 Å². The monoisotopic (exact) mass is 402 g/mol. The Morgan fingerprint density at radius 1 is 1.08 bits per heavy atom. The van der Waals surface area contributed by atoms with E-state index in [1.54, 1.807) is 0 Å². The standard InChI is InChI=1S/C6H14O3P.ClH.Hg/c1-5(2)8-10(7)9-6(3)4;;/h5-6H,1-4H3;1H;/q+1;;+1/p-1. The summed E-state index contributed by atoms with van der Waals surface area (Å²) < 4.78 is 20.5. The van der Waals surface area contributed by atoms with E-state index in [4.69, 9.17) is 17.3 Å². The fourth-order valence-electron chi connectivity index (χ4n) is 0.369. The first-order valence-electron chi connectivity index (χ1n) is 3.60. The van der Waals surface area contributed by atoms with Gasteiger partial charge >= 0.3 is 41.4 Å². The second-order valence-corrected chi connectivity index (χ2v) is 3.40. The van der Waals surface area contributed by atoms with Crippen molar-refractivity contribution in [1.29, 1.82) is 0 Å². The van der Waals surface area contributed by atoms with Crippen molar-refractivity contribution in [2.75, 3.05) is 0 Å². The van der Waals surface area contributed by atoms with Gasteiger partial charge in [0.1, 0.15) is 12.2 Å². The van der Waals surface area contributed by atoms with Crippen molar-refractivity contribution in [3.05, 3.63) is 0 Å². The van der Waals surface area contributed by atoms with E-state index in [1.807, 2.05) is 27.7 Å². The van der Waals surface area contributed by atoms with Gasteiger partial charge in [-0.25, -0.2) is 0 Å². The quantitative estimate of drug-likeness (QED) is 0.537. The molecule has 0 radical (unpaired) electrons. The third-order valence-corrected chi connectivity index (χ3v) is 1.78. The van der Waals surface area contributed by atoms with Crippen molar-refractivity contribution in [3.8, 4) is 0 Å². The predicted octanol–water partition coefficient (Wildman–Crippen LogP) is 3.18. The third kappa shape index (κ3) is 13.8. The van der Waals surface area contributed by atoms with Gasteiger partial charge in [0, 0.05) is 4.57 Å². The van der Waals surface area contributed by atoms with Crippen molar-refractivity contribution in [2.45, 2.75) is 39.9 Å². The summed E-state index contributed by atoms with van der Waals surface area (Å²) >= 11 is 0.500. The Labute approximate surface area is 94.5 Å². The SMILES string of the molecule is CC(C)O[P+](=O)OC(C)C.[Cl][Hg]. The number of hydrogen-bond acceptors (Lipinski definition) is 3. The van der Waals surface area contributed by atoms with Gasteiger partial charge in [0.15, 0.2) is 0 Å². The van der Waals surface area contributed by atoms with Gasteiger partial charge in [0.05, 0.1) is 0 Å². The van der Waals surface area contributed by atoms with Gasteiger partial charge in [0.2, 0.25) is 0 Å². The molecule has 0 amide bonds. The van der Waals surface area contributed by atoms with Crippen molar-refractivity contribution in [2.24, 2.45) is 0 Å². The van der Waals surface area contributed by atoms with E-state index >= 15 is 0 Å². The first-order chi connectivity index (χ1) is 5.52. The summed E-state index contributed by atoms with van der Waals surface area (Å²) in [6.45, 7) is 7.27. The Kier molecular flexibility index (Phi) is 13.5. The summed E-state index contributed by atoms with van der Waals surface area (Å²) in [7, 11) is 2.92. The van der Waals surface area contributed by atoms with Gasteiger partial charge in [-0.05, 0) is 27.7 Å². The average Bonchev–Trinajstić information content (AvgIpc) is 1.87. The van der Waals surface area contributed by atoms with Crippen molar-refractivity contribution in [1.82, 2.24) is 0 Å². The van der Waals surface area contributed by atoms with E-state index in [1.165, 1.54) is 0 Å². The van der Waals surface area contributed by atoms with E-state index in [-0.39, 0.29) is 12.2 Å².